The fourth-order valence-electron chi connectivity index (χ4n) is 2.61. The highest BCUT2D eigenvalue weighted by Gasteiger charge is 2.18. The van der Waals surface area contributed by atoms with Gasteiger partial charge in [0.2, 0.25) is 0 Å². The predicted octanol–water partition coefficient (Wildman–Crippen LogP) is 2.76. The van der Waals surface area contributed by atoms with E-state index in [1.165, 1.54) is 0 Å². The number of pyridine rings is 1. The third-order valence-corrected chi connectivity index (χ3v) is 3.78. The van der Waals surface area contributed by atoms with Gasteiger partial charge in [-0.3, -0.25) is 4.68 Å². The summed E-state index contributed by atoms with van der Waals surface area (Å²) in [5.74, 6) is -0.376. The molecule has 0 aliphatic rings. The van der Waals surface area contributed by atoms with Gasteiger partial charge in [-0.15, -0.1) is 0 Å². The number of hydrogen-bond acceptors (Lipinski definition) is 5. The fraction of sp³-hybridized carbons (Fsp3) is 0.412. The minimum atomic E-state index is -0.376. The van der Waals surface area contributed by atoms with Crippen molar-refractivity contribution in [1.29, 1.82) is 0 Å². The molecule has 24 heavy (non-hydrogen) atoms. The first-order valence-corrected chi connectivity index (χ1v) is 7.99. The number of aryl methyl sites for hydroxylation is 1. The van der Waals surface area contributed by atoms with Crippen LogP contribution in [0.2, 0.25) is 0 Å². The summed E-state index contributed by atoms with van der Waals surface area (Å²) in [6.45, 7) is 8.26. The van der Waals surface area contributed by atoms with Gasteiger partial charge in [0.05, 0.1) is 24.0 Å². The second kappa shape index (κ2) is 6.43. The summed E-state index contributed by atoms with van der Waals surface area (Å²) in [5, 5.41) is 9.29. The van der Waals surface area contributed by atoms with Crippen molar-refractivity contribution in [3.8, 4) is 0 Å². The van der Waals surface area contributed by atoms with Crippen LogP contribution in [0.15, 0.2) is 30.7 Å². The van der Waals surface area contributed by atoms with E-state index >= 15 is 0 Å². The maximum Gasteiger partial charge on any atom is 0.340 e. The molecule has 126 valence electrons. The van der Waals surface area contributed by atoms with E-state index in [9.17, 15) is 4.79 Å². The monoisotopic (exact) mass is 327 g/mol. The molecule has 0 saturated heterocycles. The molecule has 7 nitrogen and oxygen atoms in total. The lowest BCUT2D eigenvalue weighted by Gasteiger charge is -2.14. The van der Waals surface area contributed by atoms with Crippen LogP contribution in [0.3, 0.4) is 0 Å². The van der Waals surface area contributed by atoms with Crippen LogP contribution in [0.1, 0.15) is 42.9 Å². The second-order valence-electron chi connectivity index (χ2n) is 6.16. The van der Waals surface area contributed by atoms with Gasteiger partial charge < -0.3 is 4.74 Å². The highest BCUT2D eigenvalue weighted by Crippen LogP contribution is 2.20. The Morgan fingerprint density at radius 3 is 2.75 bits per heavy atom. The third kappa shape index (κ3) is 3.15. The molecule has 3 aromatic rings. The van der Waals surface area contributed by atoms with Gasteiger partial charge in [0.25, 0.3) is 0 Å². The fourth-order valence-corrected chi connectivity index (χ4v) is 2.61. The third-order valence-electron chi connectivity index (χ3n) is 3.78. The van der Waals surface area contributed by atoms with Crippen molar-refractivity contribution >= 4 is 17.0 Å². The van der Waals surface area contributed by atoms with Gasteiger partial charge >= 0.3 is 5.97 Å². The van der Waals surface area contributed by atoms with Crippen molar-refractivity contribution < 1.29 is 9.53 Å². The van der Waals surface area contributed by atoms with Crippen molar-refractivity contribution in [3.05, 3.63) is 42.0 Å². The van der Waals surface area contributed by atoms with Crippen LogP contribution in [-0.4, -0.2) is 36.6 Å². The Kier molecular flexibility index (Phi) is 4.33. The Morgan fingerprint density at radius 1 is 1.29 bits per heavy atom. The van der Waals surface area contributed by atoms with Gasteiger partial charge in [-0.2, -0.15) is 10.2 Å². The van der Waals surface area contributed by atoms with E-state index in [4.69, 9.17) is 4.74 Å². The van der Waals surface area contributed by atoms with E-state index in [-0.39, 0.29) is 18.1 Å². The topological polar surface area (TPSA) is 74.8 Å². The maximum atomic E-state index is 12.5. The molecule has 0 saturated carbocycles. The van der Waals surface area contributed by atoms with Crippen molar-refractivity contribution in [1.82, 2.24) is 24.5 Å². The van der Waals surface area contributed by atoms with E-state index in [0.29, 0.717) is 17.8 Å². The van der Waals surface area contributed by atoms with E-state index in [0.717, 1.165) is 11.0 Å². The summed E-state index contributed by atoms with van der Waals surface area (Å²) in [6, 6.07) is 3.84. The maximum absolute atomic E-state index is 12.5. The van der Waals surface area contributed by atoms with Gasteiger partial charge in [0, 0.05) is 23.8 Å². The first-order chi connectivity index (χ1) is 11.5. The van der Waals surface area contributed by atoms with Crippen LogP contribution in [-0.2, 0) is 11.3 Å². The minimum Gasteiger partial charge on any atom is -0.457 e. The first kappa shape index (κ1) is 16.2. The zero-order valence-electron chi connectivity index (χ0n) is 14.3. The number of hydrogen-bond donors (Lipinski definition) is 0. The standard InChI is InChI=1S/C17H21N5O2/c1-11(2)22-16-14(9-19-22)8-15(13(4)20-16)17(23)24-12(3)10-21-7-5-6-18-21/h5-9,11-12H,10H2,1-4H3/t12-/m1/s1. The molecule has 0 amide bonds. The van der Waals surface area contributed by atoms with Crippen LogP contribution >= 0.6 is 0 Å². The number of nitrogens with zero attached hydrogens (tertiary/aromatic N) is 5. The Hall–Kier alpha value is -2.70. The van der Waals surface area contributed by atoms with Gasteiger partial charge in [-0.05, 0) is 39.8 Å². The van der Waals surface area contributed by atoms with Crippen LogP contribution in [0.25, 0.3) is 11.0 Å². The molecule has 0 unspecified atom stereocenters. The van der Waals surface area contributed by atoms with Gasteiger partial charge in [-0.25, -0.2) is 14.5 Å². The predicted molar refractivity (Wildman–Crippen MR) is 89.8 cm³/mol. The van der Waals surface area contributed by atoms with Crippen molar-refractivity contribution in [2.24, 2.45) is 0 Å². The summed E-state index contributed by atoms with van der Waals surface area (Å²) in [4.78, 5) is 17.0. The number of carbonyl (C=O) groups excluding carboxylic acids is 1. The summed E-state index contributed by atoms with van der Waals surface area (Å²) >= 11 is 0. The quantitative estimate of drug-likeness (QED) is 0.674. The molecule has 0 aromatic carbocycles. The van der Waals surface area contributed by atoms with Crippen molar-refractivity contribution in [2.75, 3.05) is 0 Å². The molecule has 7 heteroatoms. The van der Waals surface area contributed by atoms with E-state index in [1.54, 1.807) is 23.1 Å². The number of aromatic nitrogens is 5. The number of carbonyl (C=O) groups is 1. The number of rotatable bonds is 5. The summed E-state index contributed by atoms with van der Waals surface area (Å²) in [5.41, 5.74) is 1.89. The van der Waals surface area contributed by atoms with Crippen molar-refractivity contribution in [3.63, 3.8) is 0 Å². The largest absolute Gasteiger partial charge is 0.457 e. The molecule has 3 heterocycles. The molecule has 0 aliphatic heterocycles. The lowest BCUT2D eigenvalue weighted by atomic mass is 10.1. The zero-order valence-corrected chi connectivity index (χ0v) is 14.3. The molecule has 3 rings (SSSR count). The Balaban J connectivity index is 1.80. The van der Waals surface area contributed by atoms with Crippen LogP contribution in [0.5, 0.6) is 0 Å². The molecule has 0 bridgehead atoms. The molecule has 0 fully saturated rings. The highest BCUT2D eigenvalue weighted by atomic mass is 16.5. The molecule has 1 atom stereocenters. The summed E-state index contributed by atoms with van der Waals surface area (Å²) < 4.78 is 9.11. The Labute approximate surface area is 140 Å². The molecule has 0 N–H and O–H groups in total. The van der Waals surface area contributed by atoms with Gasteiger partial charge in [-0.1, -0.05) is 0 Å². The number of ether oxygens (including phenoxy) is 1. The van der Waals surface area contributed by atoms with Crippen LogP contribution < -0.4 is 0 Å². The van der Waals surface area contributed by atoms with Crippen molar-refractivity contribution in [2.45, 2.75) is 46.4 Å². The van der Waals surface area contributed by atoms with E-state index in [2.05, 4.69) is 15.2 Å². The second-order valence-corrected chi connectivity index (χ2v) is 6.16. The SMILES string of the molecule is Cc1nc2c(cnn2C(C)C)cc1C(=O)O[C@H](C)Cn1cccn1. The smallest absolute Gasteiger partial charge is 0.340 e. The molecule has 0 aliphatic carbocycles. The Bertz CT molecular complexity index is 851. The zero-order chi connectivity index (χ0) is 17.3. The molecule has 0 radical (unpaired) electrons. The molecular formula is C17H21N5O2. The van der Waals surface area contributed by atoms with Crippen LogP contribution in [0, 0.1) is 6.92 Å². The molecule has 0 spiro atoms. The lowest BCUT2D eigenvalue weighted by Crippen LogP contribution is -2.21. The number of esters is 1. The normalized spacial score (nSPS) is 12.7. The summed E-state index contributed by atoms with van der Waals surface area (Å²) in [7, 11) is 0. The first-order valence-electron chi connectivity index (χ1n) is 7.99. The average Bonchev–Trinajstić information content (AvgIpc) is 3.14. The lowest BCUT2D eigenvalue weighted by molar-refractivity contribution is 0.0297. The molecule has 3 aromatic heterocycles. The summed E-state index contributed by atoms with van der Waals surface area (Å²) in [6.07, 6.45) is 4.98. The van der Waals surface area contributed by atoms with E-state index < -0.39 is 0 Å². The Morgan fingerprint density at radius 2 is 2.08 bits per heavy atom. The van der Waals surface area contributed by atoms with Gasteiger partial charge in [0.1, 0.15) is 6.10 Å². The van der Waals surface area contributed by atoms with E-state index in [1.807, 2.05) is 44.6 Å². The van der Waals surface area contributed by atoms with Gasteiger partial charge in [0.15, 0.2) is 5.65 Å². The van der Waals surface area contributed by atoms with Crippen LogP contribution in [0.4, 0.5) is 0 Å². The average molecular weight is 327 g/mol. The number of fused-ring (bicyclic) bond motifs is 1. The highest BCUT2D eigenvalue weighted by molar-refractivity contribution is 5.94. The minimum absolute atomic E-state index is 0.210. The molecular weight excluding hydrogens is 306 g/mol.